The molecule has 4 nitrogen and oxygen atoms in total. The third kappa shape index (κ3) is 12.7. The van der Waals surface area contributed by atoms with E-state index in [0.717, 1.165) is 38.2 Å². The van der Waals surface area contributed by atoms with Crippen molar-refractivity contribution in [2.45, 2.75) is 83.0 Å². The van der Waals surface area contributed by atoms with Crippen LogP contribution < -0.4 is 0 Å². The van der Waals surface area contributed by atoms with Crippen molar-refractivity contribution >= 4 is 5.97 Å². The smallest absolute Gasteiger partial charge is 0.328 e. The van der Waals surface area contributed by atoms with Crippen molar-refractivity contribution in [2.24, 2.45) is 0 Å². The predicted molar refractivity (Wildman–Crippen MR) is 106 cm³/mol. The molecule has 0 aliphatic carbocycles. The van der Waals surface area contributed by atoms with Gasteiger partial charge in [0.2, 0.25) is 0 Å². The van der Waals surface area contributed by atoms with Gasteiger partial charge >= 0.3 is 5.97 Å². The lowest BCUT2D eigenvalue weighted by Gasteiger charge is -2.08. The van der Waals surface area contributed by atoms with Gasteiger partial charge < -0.3 is 14.9 Å². The molecule has 4 heteroatoms. The van der Waals surface area contributed by atoms with Gasteiger partial charge in [0.05, 0.1) is 18.3 Å². The maximum atomic E-state index is 10.2. The minimum Gasteiger partial charge on any atom is -0.478 e. The van der Waals surface area contributed by atoms with Crippen LogP contribution in [0.15, 0.2) is 48.6 Å². The standard InChI is InChI=1S/C22H34O4/c1-2-20-21(26-20)18-19(23)16-14-12-10-8-6-4-3-5-7-9-11-13-15-17-22(24)25/h3,5,7,9,11,13,15,17,19-21,23H,2,4,6,8,10,12,14,16,18H2,1H3,(H,24,25). The lowest BCUT2D eigenvalue weighted by Crippen LogP contribution is -2.11. The van der Waals surface area contributed by atoms with Gasteiger partial charge in [0.25, 0.3) is 0 Å². The first kappa shape index (κ1) is 22.4. The normalized spacial score (nSPS) is 21.5. The number of aliphatic hydroxyl groups excluding tert-OH is 1. The Hall–Kier alpha value is -1.65. The quantitative estimate of drug-likeness (QED) is 0.187. The van der Waals surface area contributed by atoms with Gasteiger partial charge in [-0.05, 0) is 25.7 Å². The highest BCUT2D eigenvalue weighted by Gasteiger charge is 2.37. The maximum absolute atomic E-state index is 10.2. The Labute approximate surface area is 158 Å². The summed E-state index contributed by atoms with van der Waals surface area (Å²) in [6.07, 6.45) is 24.4. The first-order chi connectivity index (χ1) is 12.6. The van der Waals surface area contributed by atoms with Gasteiger partial charge in [-0.3, -0.25) is 0 Å². The van der Waals surface area contributed by atoms with Crippen LogP contribution in [0.1, 0.15) is 64.7 Å². The molecule has 0 amide bonds. The molecule has 1 rings (SSSR count). The van der Waals surface area contributed by atoms with Crippen LogP contribution in [0, 0.1) is 0 Å². The Balaban J connectivity index is 1.87. The molecule has 0 aromatic rings. The molecule has 1 heterocycles. The minimum absolute atomic E-state index is 0.195. The van der Waals surface area contributed by atoms with Crippen LogP contribution in [0.5, 0.6) is 0 Å². The highest BCUT2D eigenvalue weighted by molar-refractivity contribution is 5.80. The average Bonchev–Trinajstić information content (AvgIpc) is 3.36. The minimum atomic E-state index is -0.937. The fourth-order valence-corrected chi connectivity index (χ4v) is 2.87. The zero-order valence-electron chi connectivity index (χ0n) is 15.9. The molecular weight excluding hydrogens is 328 g/mol. The summed E-state index contributed by atoms with van der Waals surface area (Å²) in [6, 6.07) is 0. The van der Waals surface area contributed by atoms with E-state index in [1.165, 1.54) is 31.8 Å². The van der Waals surface area contributed by atoms with Crippen LogP contribution in [0.3, 0.4) is 0 Å². The van der Waals surface area contributed by atoms with E-state index >= 15 is 0 Å². The first-order valence-corrected chi connectivity index (χ1v) is 9.86. The largest absolute Gasteiger partial charge is 0.478 e. The maximum Gasteiger partial charge on any atom is 0.328 e. The molecular formula is C22H34O4. The summed E-state index contributed by atoms with van der Waals surface area (Å²) in [5.74, 6) is -0.937. The number of aliphatic hydroxyl groups is 1. The molecule has 3 unspecified atom stereocenters. The molecule has 146 valence electrons. The van der Waals surface area contributed by atoms with Gasteiger partial charge in [0.1, 0.15) is 0 Å². The number of carboxylic acids is 1. The second kappa shape index (κ2) is 14.5. The fourth-order valence-electron chi connectivity index (χ4n) is 2.87. The molecule has 1 saturated heterocycles. The van der Waals surface area contributed by atoms with Gasteiger partial charge in [-0.25, -0.2) is 4.79 Å². The molecule has 1 aliphatic rings. The van der Waals surface area contributed by atoms with E-state index < -0.39 is 5.97 Å². The Morgan fingerprint density at radius 3 is 2.31 bits per heavy atom. The molecule has 0 saturated carbocycles. The van der Waals surface area contributed by atoms with E-state index in [0.29, 0.717) is 12.2 Å². The lowest BCUT2D eigenvalue weighted by atomic mass is 10.0. The number of carboxylic acid groups (broad SMARTS) is 1. The van der Waals surface area contributed by atoms with Crippen LogP contribution in [0.4, 0.5) is 0 Å². The summed E-state index contributed by atoms with van der Waals surface area (Å²) in [5, 5.41) is 18.4. The number of carbonyl (C=O) groups is 1. The van der Waals surface area contributed by atoms with E-state index in [-0.39, 0.29) is 6.10 Å². The van der Waals surface area contributed by atoms with Crippen molar-refractivity contribution in [2.75, 3.05) is 0 Å². The van der Waals surface area contributed by atoms with Crippen LogP contribution in [-0.4, -0.2) is 34.5 Å². The molecule has 1 aliphatic heterocycles. The lowest BCUT2D eigenvalue weighted by molar-refractivity contribution is -0.131. The highest BCUT2D eigenvalue weighted by Crippen LogP contribution is 2.30. The van der Waals surface area contributed by atoms with Gasteiger partial charge in [0, 0.05) is 12.5 Å². The van der Waals surface area contributed by atoms with Gasteiger partial charge in [-0.1, -0.05) is 75.1 Å². The summed E-state index contributed by atoms with van der Waals surface area (Å²) < 4.78 is 5.47. The molecule has 3 atom stereocenters. The third-order valence-electron chi connectivity index (χ3n) is 4.43. The van der Waals surface area contributed by atoms with Crippen molar-refractivity contribution in [1.29, 1.82) is 0 Å². The van der Waals surface area contributed by atoms with Crippen LogP contribution in [0.2, 0.25) is 0 Å². The number of rotatable bonds is 15. The number of unbranched alkanes of at least 4 members (excludes halogenated alkanes) is 5. The number of hydrogen-bond donors (Lipinski definition) is 2. The molecule has 0 bridgehead atoms. The number of aliphatic carboxylic acids is 1. The van der Waals surface area contributed by atoms with Crippen molar-refractivity contribution in [1.82, 2.24) is 0 Å². The summed E-state index contributed by atoms with van der Waals surface area (Å²) in [4.78, 5) is 10.2. The van der Waals surface area contributed by atoms with E-state index in [1.807, 2.05) is 18.2 Å². The van der Waals surface area contributed by atoms with Crippen LogP contribution >= 0.6 is 0 Å². The monoisotopic (exact) mass is 362 g/mol. The summed E-state index contributed by atoms with van der Waals surface area (Å²) in [6.45, 7) is 2.13. The summed E-state index contributed by atoms with van der Waals surface area (Å²) >= 11 is 0. The zero-order chi connectivity index (χ0) is 19.0. The number of ether oxygens (including phenoxy) is 1. The van der Waals surface area contributed by atoms with Crippen molar-refractivity contribution < 1.29 is 19.7 Å². The summed E-state index contributed by atoms with van der Waals surface area (Å²) in [5.41, 5.74) is 0. The van der Waals surface area contributed by atoms with Crippen molar-refractivity contribution in [3.8, 4) is 0 Å². The number of epoxide rings is 1. The van der Waals surface area contributed by atoms with Gasteiger partial charge in [-0.15, -0.1) is 0 Å². The molecule has 26 heavy (non-hydrogen) atoms. The van der Waals surface area contributed by atoms with Crippen LogP contribution in [-0.2, 0) is 9.53 Å². The van der Waals surface area contributed by atoms with E-state index in [1.54, 1.807) is 12.2 Å². The SMILES string of the molecule is CCC1OC1CC(O)CCCCCCCC=CC=CC=CC=CC(=O)O. The molecule has 0 aromatic carbocycles. The van der Waals surface area contributed by atoms with Crippen molar-refractivity contribution in [3.63, 3.8) is 0 Å². The summed E-state index contributed by atoms with van der Waals surface area (Å²) in [7, 11) is 0. The molecule has 0 spiro atoms. The van der Waals surface area contributed by atoms with E-state index in [4.69, 9.17) is 9.84 Å². The van der Waals surface area contributed by atoms with Gasteiger partial charge in [0.15, 0.2) is 0 Å². The van der Waals surface area contributed by atoms with Crippen LogP contribution in [0.25, 0.3) is 0 Å². The Bertz CT molecular complexity index is 490. The molecule has 2 N–H and O–H groups in total. The Morgan fingerprint density at radius 1 is 0.962 bits per heavy atom. The first-order valence-electron chi connectivity index (χ1n) is 9.86. The van der Waals surface area contributed by atoms with E-state index in [2.05, 4.69) is 13.0 Å². The van der Waals surface area contributed by atoms with Crippen molar-refractivity contribution in [3.05, 3.63) is 48.6 Å². The highest BCUT2D eigenvalue weighted by atomic mass is 16.6. The molecule has 1 fully saturated rings. The Morgan fingerprint density at radius 2 is 1.62 bits per heavy atom. The topological polar surface area (TPSA) is 70.1 Å². The zero-order valence-corrected chi connectivity index (χ0v) is 15.9. The number of allylic oxidation sites excluding steroid dienone is 7. The number of hydrogen-bond acceptors (Lipinski definition) is 3. The predicted octanol–water partition coefficient (Wildman–Crippen LogP) is 4.95. The Kier molecular flexibility index (Phi) is 12.5. The van der Waals surface area contributed by atoms with E-state index in [9.17, 15) is 9.90 Å². The van der Waals surface area contributed by atoms with Gasteiger partial charge in [-0.2, -0.15) is 0 Å². The molecule has 0 aromatic heterocycles. The second-order valence-corrected chi connectivity index (χ2v) is 6.75. The third-order valence-corrected chi connectivity index (χ3v) is 4.43. The molecule has 0 radical (unpaired) electrons. The average molecular weight is 363 g/mol. The second-order valence-electron chi connectivity index (χ2n) is 6.75. The fraction of sp³-hybridized carbons (Fsp3) is 0.591.